The lowest BCUT2D eigenvalue weighted by molar-refractivity contribution is -0.362. The second kappa shape index (κ2) is 8.35. The molecule has 0 radical (unpaired) electrons. The Labute approximate surface area is 213 Å². The van der Waals surface area contributed by atoms with E-state index in [-0.39, 0.29) is 24.5 Å². The summed E-state index contributed by atoms with van der Waals surface area (Å²) in [6.07, 6.45) is -2.85. The Morgan fingerprint density at radius 2 is 1.65 bits per heavy atom. The lowest BCUT2D eigenvalue weighted by Crippen LogP contribution is -2.65. The molecule has 5 atom stereocenters. The average Bonchev–Trinajstić information content (AvgIpc) is 3.09. The standard InChI is InChI=1S/C28H32F5O3P/c1-25-15-22(16-4-8-19(9-5-16)37(2,3)36)24-20-11-7-18(34)14-17(20)6-10-21(24)23(25)12-13-26(25,35)27(29,30)28(31,32)33/h4-5,8-9,14,21-23,35H,6-7,10-13,15H2,1-3H3/t21?,22-,23+,25+,26+/m1/s1. The fourth-order valence-electron chi connectivity index (χ4n) is 7.78. The number of fused-ring (bicyclic) bond motifs is 4. The molecule has 4 aliphatic rings. The second-order valence-corrected chi connectivity index (χ2v) is 15.1. The molecule has 1 aromatic carbocycles. The molecule has 1 unspecified atom stereocenters. The summed E-state index contributed by atoms with van der Waals surface area (Å²) in [6, 6.07) is 7.05. The number of allylic oxidation sites excluding steroid dienone is 4. The van der Waals surface area contributed by atoms with Gasteiger partial charge >= 0.3 is 12.1 Å². The maximum atomic E-state index is 15.0. The van der Waals surface area contributed by atoms with Gasteiger partial charge in [0.15, 0.2) is 5.78 Å². The molecule has 1 N–H and O–H groups in total. The molecule has 0 aromatic heterocycles. The van der Waals surface area contributed by atoms with Crippen LogP contribution in [0.4, 0.5) is 22.0 Å². The third-order valence-electron chi connectivity index (χ3n) is 9.68. The Kier molecular flexibility index (Phi) is 6.05. The van der Waals surface area contributed by atoms with E-state index in [0.717, 1.165) is 22.3 Å². The molecule has 0 aliphatic heterocycles. The first-order valence-electron chi connectivity index (χ1n) is 12.8. The fraction of sp³-hybridized carbons (Fsp3) is 0.607. The van der Waals surface area contributed by atoms with Gasteiger partial charge in [0.1, 0.15) is 12.7 Å². The van der Waals surface area contributed by atoms with Gasteiger partial charge in [0.25, 0.3) is 0 Å². The van der Waals surface area contributed by atoms with Crippen molar-refractivity contribution in [1.82, 2.24) is 0 Å². The molecule has 5 rings (SSSR count). The van der Waals surface area contributed by atoms with Crippen molar-refractivity contribution in [2.24, 2.45) is 17.3 Å². The van der Waals surface area contributed by atoms with Gasteiger partial charge < -0.3 is 9.67 Å². The molecule has 0 amide bonds. The average molecular weight is 543 g/mol. The van der Waals surface area contributed by atoms with Crippen LogP contribution in [0.15, 0.2) is 47.1 Å². The number of aliphatic hydroxyl groups is 1. The van der Waals surface area contributed by atoms with Gasteiger partial charge in [0.05, 0.1) is 0 Å². The number of benzene rings is 1. The third kappa shape index (κ3) is 3.83. The van der Waals surface area contributed by atoms with Crippen LogP contribution in [-0.2, 0) is 9.36 Å². The number of carbonyl (C=O) groups is 1. The summed E-state index contributed by atoms with van der Waals surface area (Å²) >= 11 is 0. The summed E-state index contributed by atoms with van der Waals surface area (Å²) < 4.78 is 83.5. The zero-order valence-electron chi connectivity index (χ0n) is 21.2. The van der Waals surface area contributed by atoms with Gasteiger partial charge in [-0.2, -0.15) is 22.0 Å². The number of hydrogen-bond donors (Lipinski definition) is 1. The summed E-state index contributed by atoms with van der Waals surface area (Å²) in [5.74, 6) is -6.49. The summed E-state index contributed by atoms with van der Waals surface area (Å²) in [6.45, 7) is 4.70. The van der Waals surface area contributed by atoms with Crippen molar-refractivity contribution < 1.29 is 36.4 Å². The smallest absolute Gasteiger partial charge is 0.383 e. The highest BCUT2D eigenvalue weighted by molar-refractivity contribution is 7.70. The lowest BCUT2D eigenvalue weighted by atomic mass is 9.50. The van der Waals surface area contributed by atoms with Crippen molar-refractivity contribution in [2.45, 2.75) is 75.5 Å². The lowest BCUT2D eigenvalue weighted by Gasteiger charge is -2.56. The first-order valence-corrected chi connectivity index (χ1v) is 15.4. The number of hydrogen-bond acceptors (Lipinski definition) is 3. The SMILES string of the molecule is C[C@]12C[C@H](c3ccc(P(C)(C)=O)cc3)C3=C4CCC(=O)C=C4CCC3[C@@H]1CC[C@@]2(O)C(F)(F)C(F)(F)F. The van der Waals surface area contributed by atoms with Crippen LogP contribution in [0.1, 0.15) is 63.4 Å². The van der Waals surface area contributed by atoms with Crippen molar-refractivity contribution in [3.05, 3.63) is 52.6 Å². The highest BCUT2D eigenvalue weighted by Crippen LogP contribution is 2.70. The second-order valence-electron chi connectivity index (χ2n) is 11.9. The summed E-state index contributed by atoms with van der Waals surface area (Å²) in [4.78, 5) is 12.1. The largest absolute Gasteiger partial charge is 0.456 e. The molecular weight excluding hydrogens is 510 g/mol. The number of carbonyl (C=O) groups excluding carboxylic acids is 1. The first-order chi connectivity index (χ1) is 17.0. The Morgan fingerprint density at radius 1 is 1.00 bits per heavy atom. The molecule has 2 saturated carbocycles. The Morgan fingerprint density at radius 3 is 2.24 bits per heavy atom. The van der Waals surface area contributed by atoms with Crippen LogP contribution in [0.5, 0.6) is 0 Å². The van der Waals surface area contributed by atoms with Crippen molar-refractivity contribution in [2.75, 3.05) is 13.3 Å². The van der Waals surface area contributed by atoms with Crippen LogP contribution < -0.4 is 5.30 Å². The quantitative estimate of drug-likeness (QED) is 0.339. The van der Waals surface area contributed by atoms with Crippen molar-refractivity contribution in [3.63, 3.8) is 0 Å². The molecule has 0 saturated heterocycles. The zero-order valence-corrected chi connectivity index (χ0v) is 22.1. The van der Waals surface area contributed by atoms with Crippen LogP contribution >= 0.6 is 7.14 Å². The minimum Gasteiger partial charge on any atom is -0.383 e. The predicted octanol–water partition coefficient (Wildman–Crippen LogP) is 6.76. The maximum absolute atomic E-state index is 15.0. The van der Waals surface area contributed by atoms with E-state index in [1.165, 1.54) is 6.92 Å². The van der Waals surface area contributed by atoms with Crippen molar-refractivity contribution >= 4 is 18.2 Å². The Hall–Kier alpha value is -1.79. The summed E-state index contributed by atoms with van der Waals surface area (Å²) in [5.41, 5.74) is -1.17. The van der Waals surface area contributed by atoms with Crippen LogP contribution in [0.2, 0.25) is 0 Å². The predicted molar refractivity (Wildman–Crippen MR) is 132 cm³/mol. The molecule has 202 valence electrons. The van der Waals surface area contributed by atoms with E-state index >= 15 is 8.78 Å². The van der Waals surface area contributed by atoms with Crippen LogP contribution in [0.3, 0.4) is 0 Å². The van der Waals surface area contributed by atoms with Gasteiger partial charge in [0.2, 0.25) is 0 Å². The summed E-state index contributed by atoms with van der Waals surface area (Å²) in [7, 11) is -2.55. The summed E-state index contributed by atoms with van der Waals surface area (Å²) in [5, 5.41) is 12.0. The normalized spacial score (nSPS) is 34.6. The van der Waals surface area contributed by atoms with Crippen LogP contribution in [0, 0.1) is 17.3 Å². The third-order valence-corrected chi connectivity index (χ3v) is 11.2. The Balaban J connectivity index is 1.69. The van der Waals surface area contributed by atoms with E-state index < -0.39 is 48.5 Å². The fourth-order valence-corrected chi connectivity index (χ4v) is 8.65. The zero-order chi connectivity index (χ0) is 27.2. The van der Waals surface area contributed by atoms with Gasteiger partial charge in [0, 0.05) is 23.1 Å². The molecule has 4 aliphatic carbocycles. The van der Waals surface area contributed by atoms with Crippen molar-refractivity contribution in [1.29, 1.82) is 0 Å². The van der Waals surface area contributed by atoms with Crippen LogP contribution in [0.25, 0.3) is 0 Å². The van der Waals surface area contributed by atoms with Crippen molar-refractivity contribution in [3.8, 4) is 0 Å². The molecule has 9 heteroatoms. The number of alkyl halides is 5. The number of ketones is 1. The van der Waals surface area contributed by atoms with Gasteiger partial charge in [-0.25, -0.2) is 0 Å². The van der Waals surface area contributed by atoms with Gasteiger partial charge in [-0.15, -0.1) is 0 Å². The van der Waals surface area contributed by atoms with E-state index in [9.17, 15) is 27.6 Å². The minimum absolute atomic E-state index is 0.0426. The molecule has 0 bridgehead atoms. The highest BCUT2D eigenvalue weighted by Gasteiger charge is 2.79. The molecule has 3 nitrogen and oxygen atoms in total. The van der Waals surface area contributed by atoms with Gasteiger partial charge in [-0.3, -0.25) is 4.79 Å². The van der Waals surface area contributed by atoms with E-state index in [0.29, 0.717) is 31.0 Å². The molecule has 0 spiro atoms. The van der Waals surface area contributed by atoms with E-state index in [1.807, 2.05) is 0 Å². The highest BCUT2D eigenvalue weighted by atomic mass is 31.2. The molecule has 37 heavy (non-hydrogen) atoms. The topological polar surface area (TPSA) is 54.4 Å². The molecule has 2 fully saturated rings. The molecular formula is C28H32F5O3P. The van der Waals surface area contributed by atoms with E-state index in [2.05, 4.69) is 0 Å². The van der Waals surface area contributed by atoms with E-state index in [4.69, 9.17) is 0 Å². The number of halogens is 5. The number of rotatable bonds is 3. The van der Waals surface area contributed by atoms with Crippen LogP contribution in [-0.4, -0.2) is 41.9 Å². The van der Waals surface area contributed by atoms with Gasteiger partial charge in [-0.1, -0.05) is 36.8 Å². The molecule has 1 aromatic rings. The molecule has 0 heterocycles. The monoisotopic (exact) mass is 542 g/mol. The first kappa shape index (κ1) is 26.8. The van der Waals surface area contributed by atoms with Gasteiger partial charge in [-0.05, 0) is 86.5 Å². The Bertz CT molecular complexity index is 1240. The minimum atomic E-state index is -5.87. The maximum Gasteiger partial charge on any atom is 0.456 e. The van der Waals surface area contributed by atoms with E-state index in [1.54, 1.807) is 43.7 Å².